The van der Waals surface area contributed by atoms with Gasteiger partial charge < -0.3 is 26.0 Å². The zero-order chi connectivity index (χ0) is 26.6. The highest BCUT2D eigenvalue weighted by Crippen LogP contribution is 2.39. The number of aromatic nitrogens is 4. The number of nitrogen functional groups attached to an aromatic ring is 1. The van der Waals surface area contributed by atoms with Gasteiger partial charge in [0.05, 0.1) is 34.8 Å². The molecule has 5 N–H and O–H groups in total. The van der Waals surface area contributed by atoms with Crippen molar-refractivity contribution in [3.63, 3.8) is 0 Å². The van der Waals surface area contributed by atoms with Crippen LogP contribution in [0.1, 0.15) is 65.7 Å². The first-order valence-corrected chi connectivity index (χ1v) is 12.1. The van der Waals surface area contributed by atoms with E-state index in [-0.39, 0.29) is 35.1 Å². The smallest absolute Gasteiger partial charge is 0.255 e. The number of nitrogens with two attached hydrogens (primary N) is 2. The van der Waals surface area contributed by atoms with Crippen molar-refractivity contribution in [2.75, 3.05) is 12.3 Å². The molecule has 0 radical (unpaired) electrons. The molecule has 2 aliphatic rings. The lowest BCUT2D eigenvalue weighted by Crippen LogP contribution is -2.40. The summed E-state index contributed by atoms with van der Waals surface area (Å²) in [7, 11) is 0. The van der Waals surface area contributed by atoms with Gasteiger partial charge in [-0.25, -0.2) is 14.1 Å². The SMILES string of the molecule is C=CC(=O)N1C[C@@H](n2nc(C#Cc3cc4nc(C)n(C5CC5)c4cc3F)c(C(N)=O)c2N)C[C@@H]1[C@H](C)O. The van der Waals surface area contributed by atoms with E-state index in [2.05, 4.69) is 28.5 Å². The summed E-state index contributed by atoms with van der Waals surface area (Å²) in [5.41, 5.74) is 13.2. The second-order valence-corrected chi connectivity index (χ2v) is 9.64. The highest BCUT2D eigenvalue weighted by atomic mass is 19.1. The Labute approximate surface area is 212 Å². The third-order valence-electron chi connectivity index (χ3n) is 7.06. The Kier molecular flexibility index (Phi) is 6.00. The number of fused-ring (bicyclic) bond motifs is 1. The second-order valence-electron chi connectivity index (χ2n) is 9.64. The molecule has 1 saturated heterocycles. The topological polar surface area (TPSA) is 145 Å². The molecule has 0 spiro atoms. The van der Waals surface area contributed by atoms with Gasteiger partial charge in [0.15, 0.2) is 5.69 Å². The summed E-state index contributed by atoms with van der Waals surface area (Å²) in [5.74, 6) is 4.65. The number of aliphatic hydroxyl groups excluding tert-OH is 1. The maximum absolute atomic E-state index is 15.0. The number of halogens is 1. The molecule has 0 unspecified atom stereocenters. The summed E-state index contributed by atoms with van der Waals surface area (Å²) >= 11 is 0. The molecule has 192 valence electrons. The molecule has 3 aromatic rings. The number of primary amides is 1. The predicted octanol–water partition coefficient (Wildman–Crippen LogP) is 1.80. The lowest BCUT2D eigenvalue weighted by molar-refractivity contribution is -0.128. The molecular formula is C26H28FN7O3. The molecule has 3 heterocycles. The van der Waals surface area contributed by atoms with Crippen LogP contribution < -0.4 is 11.5 Å². The standard InChI is InChI=1S/C26H28FN7O3/c1-4-23(36)32-12-17(10-21(32)13(2)35)34-25(28)24(26(29)37)19(31-34)8-5-15-9-20-22(11-18(15)27)33(14(3)30-20)16-6-7-16/h4,9,11,13,16-17,21,35H,1,6-7,10,12,28H2,2-3H3,(H2,29,37)/t13-,17-,21+/m0/s1. The second kappa shape index (κ2) is 9.05. The Hall–Kier alpha value is -4.17. The molecule has 37 heavy (non-hydrogen) atoms. The van der Waals surface area contributed by atoms with E-state index < -0.39 is 29.9 Å². The summed E-state index contributed by atoms with van der Waals surface area (Å²) in [5, 5.41) is 14.6. The highest BCUT2D eigenvalue weighted by molar-refractivity contribution is 5.99. The number of hydrogen-bond acceptors (Lipinski definition) is 6. The van der Waals surface area contributed by atoms with Crippen molar-refractivity contribution in [2.45, 2.75) is 57.3 Å². The number of benzene rings is 1. The van der Waals surface area contributed by atoms with E-state index in [4.69, 9.17) is 11.5 Å². The van der Waals surface area contributed by atoms with Crippen LogP contribution in [0.5, 0.6) is 0 Å². The van der Waals surface area contributed by atoms with Gasteiger partial charge in [0.2, 0.25) is 5.91 Å². The fourth-order valence-corrected chi connectivity index (χ4v) is 5.16. The summed E-state index contributed by atoms with van der Waals surface area (Å²) in [6, 6.07) is 2.45. The van der Waals surface area contributed by atoms with Gasteiger partial charge in [-0.3, -0.25) is 9.59 Å². The van der Waals surface area contributed by atoms with Crippen LogP contribution in [0.15, 0.2) is 24.8 Å². The van der Waals surface area contributed by atoms with Crippen molar-refractivity contribution < 1.29 is 19.1 Å². The average Bonchev–Trinajstić information content (AvgIpc) is 3.35. The van der Waals surface area contributed by atoms with E-state index in [1.807, 2.05) is 11.5 Å². The third-order valence-corrected chi connectivity index (χ3v) is 7.06. The molecule has 11 heteroatoms. The average molecular weight is 506 g/mol. The first-order valence-electron chi connectivity index (χ1n) is 12.1. The van der Waals surface area contributed by atoms with Crippen LogP contribution in [-0.2, 0) is 4.79 Å². The Balaban J connectivity index is 1.51. The molecule has 10 nitrogen and oxygen atoms in total. The van der Waals surface area contributed by atoms with Gasteiger partial charge in [-0.15, -0.1) is 0 Å². The van der Waals surface area contributed by atoms with Crippen LogP contribution in [0.3, 0.4) is 0 Å². The Morgan fingerprint density at radius 3 is 2.65 bits per heavy atom. The molecule has 2 fully saturated rings. The number of aliphatic hydroxyl groups is 1. The molecular weight excluding hydrogens is 477 g/mol. The molecule has 1 aliphatic carbocycles. The molecule has 1 aliphatic heterocycles. The monoisotopic (exact) mass is 505 g/mol. The third kappa shape index (κ3) is 4.23. The van der Waals surface area contributed by atoms with Crippen LogP contribution >= 0.6 is 0 Å². The van der Waals surface area contributed by atoms with Gasteiger partial charge in [0.1, 0.15) is 23.0 Å². The Morgan fingerprint density at radius 2 is 2.03 bits per heavy atom. The number of imidazole rings is 1. The van der Waals surface area contributed by atoms with Crippen molar-refractivity contribution >= 4 is 28.7 Å². The lowest BCUT2D eigenvalue weighted by atomic mass is 10.1. The van der Waals surface area contributed by atoms with E-state index in [9.17, 15) is 14.7 Å². The molecule has 3 atom stereocenters. The quantitative estimate of drug-likeness (QED) is 0.356. The molecule has 2 amide bonds. The highest BCUT2D eigenvalue weighted by Gasteiger charge is 2.39. The molecule has 1 aromatic carbocycles. The first-order chi connectivity index (χ1) is 17.6. The number of carbonyl (C=O) groups excluding carboxylic acids is 2. The van der Waals surface area contributed by atoms with Gasteiger partial charge in [-0.05, 0) is 51.2 Å². The van der Waals surface area contributed by atoms with Gasteiger partial charge in [0.25, 0.3) is 5.91 Å². The van der Waals surface area contributed by atoms with E-state index in [0.717, 1.165) is 24.2 Å². The zero-order valence-corrected chi connectivity index (χ0v) is 20.6. The minimum absolute atomic E-state index is 0.00577. The van der Waals surface area contributed by atoms with E-state index in [1.165, 1.54) is 21.7 Å². The number of rotatable bonds is 5. The number of likely N-dealkylation sites (tertiary alicyclic amines) is 1. The van der Waals surface area contributed by atoms with E-state index >= 15 is 4.39 Å². The van der Waals surface area contributed by atoms with Gasteiger partial charge in [0, 0.05) is 18.7 Å². The van der Waals surface area contributed by atoms with E-state index in [1.54, 1.807) is 13.0 Å². The van der Waals surface area contributed by atoms with Crippen molar-refractivity contribution in [1.82, 2.24) is 24.2 Å². The number of carbonyl (C=O) groups is 2. The predicted molar refractivity (Wildman–Crippen MR) is 135 cm³/mol. The van der Waals surface area contributed by atoms with Crippen molar-refractivity contribution in [3.05, 3.63) is 53.3 Å². The van der Waals surface area contributed by atoms with Crippen molar-refractivity contribution in [1.29, 1.82) is 0 Å². The molecule has 1 saturated carbocycles. The van der Waals surface area contributed by atoms with Crippen LogP contribution in [0.2, 0.25) is 0 Å². The number of hydrogen-bond donors (Lipinski definition) is 3. The normalized spacial score (nSPS) is 20.1. The van der Waals surface area contributed by atoms with E-state index in [0.29, 0.717) is 18.0 Å². The number of amides is 2. The summed E-state index contributed by atoms with van der Waals surface area (Å²) < 4.78 is 18.4. The van der Waals surface area contributed by atoms with Crippen molar-refractivity contribution in [2.24, 2.45) is 5.73 Å². The number of nitrogens with zero attached hydrogens (tertiary/aromatic N) is 5. The van der Waals surface area contributed by atoms with Gasteiger partial charge in [-0.1, -0.05) is 12.5 Å². The largest absolute Gasteiger partial charge is 0.391 e. The van der Waals surface area contributed by atoms with Gasteiger partial charge >= 0.3 is 0 Å². The van der Waals surface area contributed by atoms with Gasteiger partial charge in [-0.2, -0.15) is 5.10 Å². The maximum atomic E-state index is 15.0. The molecule has 0 bridgehead atoms. The fourth-order valence-electron chi connectivity index (χ4n) is 5.16. The number of anilines is 1. The minimum Gasteiger partial charge on any atom is -0.391 e. The maximum Gasteiger partial charge on any atom is 0.255 e. The first kappa shape index (κ1) is 24.5. The number of aryl methyl sites for hydroxylation is 1. The summed E-state index contributed by atoms with van der Waals surface area (Å²) in [6.07, 6.45) is 2.83. The lowest BCUT2D eigenvalue weighted by Gasteiger charge is -2.25. The van der Waals surface area contributed by atoms with Crippen LogP contribution in [0, 0.1) is 24.6 Å². The van der Waals surface area contributed by atoms with Crippen LogP contribution in [0.25, 0.3) is 11.0 Å². The summed E-state index contributed by atoms with van der Waals surface area (Å²) in [4.78, 5) is 30.6. The van der Waals surface area contributed by atoms with Crippen LogP contribution in [0.4, 0.5) is 10.2 Å². The zero-order valence-electron chi connectivity index (χ0n) is 20.6. The van der Waals surface area contributed by atoms with Crippen LogP contribution in [-0.4, -0.2) is 59.8 Å². The Bertz CT molecular complexity index is 1510. The Morgan fingerprint density at radius 1 is 1.30 bits per heavy atom. The fraction of sp³-hybridized carbons (Fsp3) is 0.385. The summed E-state index contributed by atoms with van der Waals surface area (Å²) in [6.45, 7) is 7.20. The minimum atomic E-state index is -0.827. The molecule has 2 aromatic heterocycles. The van der Waals surface area contributed by atoms with Crippen molar-refractivity contribution in [3.8, 4) is 11.8 Å². The molecule has 5 rings (SSSR count).